The molecule has 0 saturated carbocycles. The lowest BCUT2D eigenvalue weighted by Crippen LogP contribution is -2.52. The average molecular weight is 506 g/mol. The van der Waals surface area contributed by atoms with E-state index in [1.807, 2.05) is 13.1 Å². The highest BCUT2D eigenvalue weighted by Crippen LogP contribution is 2.26. The van der Waals surface area contributed by atoms with Gasteiger partial charge in [-0.2, -0.15) is 0 Å². The molecule has 1 aromatic heterocycles. The van der Waals surface area contributed by atoms with Crippen LogP contribution in [-0.2, 0) is 4.79 Å². The van der Waals surface area contributed by atoms with Gasteiger partial charge in [-0.05, 0) is 31.3 Å². The van der Waals surface area contributed by atoms with Gasteiger partial charge in [0.25, 0.3) is 17.6 Å². The molecule has 2 aliphatic rings. The number of ketones is 1. The number of rotatable bonds is 3. The third-order valence-corrected chi connectivity index (χ3v) is 7.07. The summed E-state index contributed by atoms with van der Waals surface area (Å²) in [5.41, 5.74) is 0.674. The average Bonchev–Trinajstić information content (AvgIpc) is 3.33. The molecule has 0 aliphatic carbocycles. The zero-order valence-corrected chi connectivity index (χ0v) is 20.6. The van der Waals surface area contributed by atoms with Crippen molar-refractivity contribution in [2.24, 2.45) is 0 Å². The summed E-state index contributed by atoms with van der Waals surface area (Å²) in [5.74, 6) is -2.45. The minimum absolute atomic E-state index is 0.0405. The maximum absolute atomic E-state index is 14.9. The summed E-state index contributed by atoms with van der Waals surface area (Å²) in [5, 5.41) is -0.0405. The Balaban J connectivity index is 1.34. The lowest BCUT2D eigenvalue weighted by Gasteiger charge is -2.34. The Morgan fingerprint density at radius 3 is 2.03 bits per heavy atom. The molecule has 37 heavy (non-hydrogen) atoms. The molecule has 10 heteroatoms. The van der Waals surface area contributed by atoms with E-state index in [1.54, 1.807) is 40.1 Å². The van der Waals surface area contributed by atoms with Gasteiger partial charge < -0.3 is 19.6 Å². The molecule has 2 aromatic carbocycles. The third-order valence-electron chi connectivity index (χ3n) is 7.07. The van der Waals surface area contributed by atoms with Gasteiger partial charge in [-0.25, -0.2) is 9.18 Å². The molecule has 0 radical (unpaired) electrons. The van der Waals surface area contributed by atoms with Gasteiger partial charge in [0, 0.05) is 69.5 Å². The first kappa shape index (κ1) is 24.6. The van der Waals surface area contributed by atoms with Crippen LogP contribution in [0.3, 0.4) is 0 Å². The number of fused-ring (bicyclic) bond motifs is 1. The van der Waals surface area contributed by atoms with Gasteiger partial charge in [0.05, 0.1) is 11.1 Å². The van der Waals surface area contributed by atoms with Crippen LogP contribution in [0.15, 0.2) is 54.7 Å². The molecule has 5 rings (SSSR count). The van der Waals surface area contributed by atoms with Gasteiger partial charge in [0.1, 0.15) is 5.82 Å². The summed E-state index contributed by atoms with van der Waals surface area (Å²) in [6.45, 7) is 3.38. The number of Topliss-reactive ketones (excluding diaryl/α,β-unsaturated/α-hetero) is 1. The van der Waals surface area contributed by atoms with Crippen molar-refractivity contribution in [1.82, 2.24) is 24.2 Å². The number of likely N-dealkylation sites (N-methyl/N-ethyl adjacent to an activating group) is 1. The fourth-order valence-corrected chi connectivity index (χ4v) is 4.86. The predicted molar refractivity (Wildman–Crippen MR) is 135 cm³/mol. The smallest absolute Gasteiger partial charge is 0.328 e. The zero-order valence-electron chi connectivity index (χ0n) is 20.6. The van der Waals surface area contributed by atoms with Crippen LogP contribution in [0.4, 0.5) is 9.18 Å². The van der Waals surface area contributed by atoms with Crippen LogP contribution in [0.5, 0.6) is 0 Å². The quantitative estimate of drug-likeness (QED) is 0.402. The fourth-order valence-electron chi connectivity index (χ4n) is 4.86. The number of hydrogen-bond donors (Lipinski definition) is 0. The number of nitrogens with zero attached hydrogens (tertiary/aromatic N) is 5. The number of carbonyl (C=O) groups is 4. The van der Waals surface area contributed by atoms with Gasteiger partial charge >= 0.3 is 6.03 Å². The molecule has 2 saturated heterocycles. The number of aromatic nitrogens is 1. The summed E-state index contributed by atoms with van der Waals surface area (Å²) in [4.78, 5) is 59.2. The molecule has 9 nitrogen and oxygen atoms in total. The number of piperazine rings is 2. The van der Waals surface area contributed by atoms with Crippen LogP contribution in [0.2, 0.25) is 0 Å². The summed E-state index contributed by atoms with van der Waals surface area (Å²) >= 11 is 0. The largest absolute Gasteiger partial charge is 0.335 e. The van der Waals surface area contributed by atoms with E-state index in [-0.39, 0.29) is 54.6 Å². The molecule has 3 aromatic rings. The van der Waals surface area contributed by atoms with Crippen molar-refractivity contribution in [3.05, 3.63) is 71.7 Å². The Labute approximate surface area is 213 Å². The third kappa shape index (κ3) is 4.72. The van der Waals surface area contributed by atoms with E-state index in [0.717, 1.165) is 0 Å². The minimum atomic E-state index is -0.872. The molecule has 3 heterocycles. The standard InChI is InChI=1S/C27H28FN5O4/c1-29-10-12-32(13-11-29)27(37)33-18-20(23-21(28)8-5-9-22(23)33)24(34)26(36)31-16-14-30(15-17-31)25(35)19-6-3-2-4-7-19/h2-9,18H,10-17H2,1H3. The Kier molecular flexibility index (Phi) is 6.75. The first-order chi connectivity index (χ1) is 17.8. The molecular weight excluding hydrogens is 477 g/mol. The van der Waals surface area contributed by atoms with Crippen molar-refractivity contribution in [2.45, 2.75) is 0 Å². The highest BCUT2D eigenvalue weighted by molar-refractivity contribution is 6.45. The summed E-state index contributed by atoms with van der Waals surface area (Å²) in [7, 11) is 1.97. The second kappa shape index (κ2) is 10.1. The van der Waals surface area contributed by atoms with E-state index in [1.165, 1.54) is 27.8 Å². The molecular formula is C27H28FN5O4. The Bertz CT molecular complexity index is 1360. The fraction of sp³-hybridized carbons (Fsp3) is 0.333. The predicted octanol–water partition coefficient (Wildman–Crippen LogP) is 2.16. The first-order valence-corrected chi connectivity index (χ1v) is 12.3. The van der Waals surface area contributed by atoms with Crippen LogP contribution >= 0.6 is 0 Å². The second-order valence-corrected chi connectivity index (χ2v) is 9.40. The van der Waals surface area contributed by atoms with Gasteiger partial charge in [-0.3, -0.25) is 19.0 Å². The van der Waals surface area contributed by atoms with Crippen LogP contribution in [0.25, 0.3) is 10.9 Å². The Morgan fingerprint density at radius 2 is 1.35 bits per heavy atom. The lowest BCUT2D eigenvalue weighted by molar-refractivity contribution is -0.127. The first-order valence-electron chi connectivity index (χ1n) is 12.3. The molecule has 0 bridgehead atoms. The van der Waals surface area contributed by atoms with Crippen LogP contribution in [-0.4, -0.2) is 107 Å². The molecule has 0 N–H and O–H groups in total. The number of halogens is 1. The highest BCUT2D eigenvalue weighted by atomic mass is 19.1. The van der Waals surface area contributed by atoms with Crippen molar-refractivity contribution >= 4 is 34.5 Å². The maximum Gasteiger partial charge on any atom is 0.328 e. The molecule has 3 amide bonds. The molecule has 0 unspecified atom stereocenters. The Morgan fingerprint density at radius 1 is 0.730 bits per heavy atom. The van der Waals surface area contributed by atoms with Crippen molar-refractivity contribution in [3.63, 3.8) is 0 Å². The van der Waals surface area contributed by atoms with E-state index in [2.05, 4.69) is 4.90 Å². The number of carbonyl (C=O) groups excluding carboxylic acids is 4. The van der Waals surface area contributed by atoms with Crippen LogP contribution < -0.4 is 0 Å². The summed E-state index contributed by atoms with van der Waals surface area (Å²) < 4.78 is 16.2. The van der Waals surface area contributed by atoms with Crippen molar-refractivity contribution in [3.8, 4) is 0 Å². The van der Waals surface area contributed by atoms with E-state index < -0.39 is 17.5 Å². The van der Waals surface area contributed by atoms with Crippen LogP contribution in [0.1, 0.15) is 20.7 Å². The van der Waals surface area contributed by atoms with E-state index in [9.17, 15) is 23.6 Å². The van der Waals surface area contributed by atoms with E-state index in [4.69, 9.17) is 0 Å². The van der Waals surface area contributed by atoms with Gasteiger partial charge in [-0.15, -0.1) is 0 Å². The molecule has 0 spiro atoms. The van der Waals surface area contributed by atoms with Crippen molar-refractivity contribution < 1.29 is 23.6 Å². The minimum Gasteiger partial charge on any atom is -0.335 e. The Hall–Kier alpha value is -4.05. The number of hydrogen-bond acceptors (Lipinski definition) is 5. The van der Waals surface area contributed by atoms with E-state index in [0.29, 0.717) is 31.7 Å². The van der Waals surface area contributed by atoms with Crippen LogP contribution in [0, 0.1) is 5.82 Å². The SMILES string of the molecule is CN1CCN(C(=O)n2cc(C(=O)C(=O)N3CCN(C(=O)c4ccccc4)CC3)c3c(F)cccc32)CC1. The van der Waals surface area contributed by atoms with E-state index >= 15 is 0 Å². The number of benzene rings is 2. The normalized spacial score (nSPS) is 16.8. The molecule has 192 valence electrons. The van der Waals surface area contributed by atoms with Gasteiger partial charge in [0.15, 0.2) is 0 Å². The highest BCUT2D eigenvalue weighted by Gasteiger charge is 2.32. The second-order valence-electron chi connectivity index (χ2n) is 9.40. The van der Waals surface area contributed by atoms with Crippen molar-refractivity contribution in [1.29, 1.82) is 0 Å². The lowest BCUT2D eigenvalue weighted by atomic mass is 10.1. The topological polar surface area (TPSA) is 86.2 Å². The van der Waals surface area contributed by atoms with Gasteiger partial charge in [-0.1, -0.05) is 24.3 Å². The summed E-state index contributed by atoms with van der Waals surface area (Å²) in [6, 6.07) is 12.8. The van der Waals surface area contributed by atoms with Crippen molar-refractivity contribution in [2.75, 3.05) is 59.4 Å². The summed E-state index contributed by atoms with van der Waals surface area (Å²) in [6.07, 6.45) is 1.28. The zero-order chi connectivity index (χ0) is 26.1. The maximum atomic E-state index is 14.9. The van der Waals surface area contributed by atoms with Gasteiger partial charge in [0.2, 0.25) is 0 Å². The molecule has 0 atom stereocenters. The monoisotopic (exact) mass is 505 g/mol. The molecule has 2 fully saturated rings. The molecule has 2 aliphatic heterocycles. The number of amides is 3.